The van der Waals surface area contributed by atoms with E-state index in [0.29, 0.717) is 23.9 Å². The minimum atomic E-state index is -4.33. The Morgan fingerprint density at radius 2 is 1.85 bits per heavy atom. The van der Waals surface area contributed by atoms with Crippen molar-refractivity contribution < 1.29 is 13.2 Å². The van der Waals surface area contributed by atoms with E-state index in [1.807, 2.05) is 18.0 Å². The summed E-state index contributed by atoms with van der Waals surface area (Å²) in [4.78, 5) is 11.3. The van der Waals surface area contributed by atoms with Crippen LogP contribution >= 0.6 is 0 Å². The van der Waals surface area contributed by atoms with Crippen molar-refractivity contribution in [2.75, 3.05) is 11.9 Å². The van der Waals surface area contributed by atoms with Gasteiger partial charge in [0.25, 0.3) is 0 Å². The Morgan fingerprint density at radius 3 is 2.48 bits per heavy atom. The van der Waals surface area contributed by atoms with E-state index in [-0.39, 0.29) is 6.04 Å². The third kappa shape index (κ3) is 4.08. The fourth-order valence-electron chi connectivity index (χ4n) is 3.50. The summed E-state index contributed by atoms with van der Waals surface area (Å²) < 4.78 is 38.9. The third-order valence-electron chi connectivity index (χ3n) is 5.35. The van der Waals surface area contributed by atoms with E-state index in [9.17, 15) is 13.2 Å². The van der Waals surface area contributed by atoms with Gasteiger partial charge < -0.3 is 10.6 Å². The Morgan fingerprint density at radius 1 is 1.11 bits per heavy atom. The van der Waals surface area contributed by atoms with Gasteiger partial charge >= 0.3 is 6.18 Å². The van der Waals surface area contributed by atoms with Gasteiger partial charge in [0.15, 0.2) is 0 Å². The molecular formula is C20H23F3N4. The summed E-state index contributed by atoms with van der Waals surface area (Å²) in [5, 5.41) is 0. The molecule has 0 bridgehead atoms. The number of hydrogen-bond donors (Lipinski definition) is 1. The van der Waals surface area contributed by atoms with Crippen LogP contribution in [0, 0.1) is 0 Å². The van der Waals surface area contributed by atoms with Gasteiger partial charge in [0.2, 0.25) is 0 Å². The lowest BCUT2D eigenvalue weighted by Gasteiger charge is -2.32. The zero-order valence-corrected chi connectivity index (χ0v) is 15.2. The van der Waals surface area contributed by atoms with E-state index in [1.165, 1.54) is 12.1 Å². The standard InChI is InChI=1S/C20H23F3N4/c1-27(11-12-3-2-4-15(7-12)20(21,22)23)18-10-17(14-8-16(24)9-14)25-19(26-18)13-5-6-13/h2-4,7,10,13-14,16H,5-6,8-9,11,24H2,1H3. The van der Waals surface area contributed by atoms with Crippen LogP contribution < -0.4 is 10.6 Å². The second-order valence-corrected chi connectivity index (χ2v) is 7.77. The summed E-state index contributed by atoms with van der Waals surface area (Å²) in [6, 6.07) is 7.66. The highest BCUT2D eigenvalue weighted by Crippen LogP contribution is 2.41. The number of nitrogens with zero attached hydrogens (tertiary/aromatic N) is 3. The monoisotopic (exact) mass is 376 g/mol. The minimum Gasteiger partial charge on any atom is -0.355 e. The molecule has 0 radical (unpaired) electrons. The van der Waals surface area contributed by atoms with Crippen molar-refractivity contribution in [1.82, 2.24) is 9.97 Å². The van der Waals surface area contributed by atoms with Gasteiger partial charge in [-0.25, -0.2) is 9.97 Å². The van der Waals surface area contributed by atoms with Crippen LogP contribution in [-0.2, 0) is 12.7 Å². The van der Waals surface area contributed by atoms with Crippen LogP contribution in [0.1, 0.15) is 60.2 Å². The van der Waals surface area contributed by atoms with Gasteiger partial charge in [-0.3, -0.25) is 0 Å². The van der Waals surface area contributed by atoms with Crippen molar-refractivity contribution in [2.45, 2.75) is 56.3 Å². The Bertz CT molecular complexity index is 826. The molecule has 1 aromatic carbocycles. The molecule has 2 aliphatic rings. The van der Waals surface area contributed by atoms with Crippen molar-refractivity contribution in [3.63, 3.8) is 0 Å². The lowest BCUT2D eigenvalue weighted by Crippen LogP contribution is -2.35. The van der Waals surface area contributed by atoms with E-state index in [4.69, 9.17) is 10.7 Å². The first-order chi connectivity index (χ1) is 12.8. The maximum absolute atomic E-state index is 13.0. The molecule has 2 fully saturated rings. The first-order valence-corrected chi connectivity index (χ1v) is 9.31. The van der Waals surface area contributed by atoms with Crippen LogP contribution in [-0.4, -0.2) is 23.1 Å². The molecule has 0 saturated heterocycles. The summed E-state index contributed by atoms with van der Waals surface area (Å²) in [5.74, 6) is 2.40. The molecule has 7 heteroatoms. The number of anilines is 1. The van der Waals surface area contributed by atoms with Crippen molar-refractivity contribution in [3.8, 4) is 0 Å². The second kappa shape index (κ2) is 6.78. The van der Waals surface area contributed by atoms with Crippen molar-refractivity contribution in [1.29, 1.82) is 0 Å². The molecule has 0 aliphatic heterocycles. The highest BCUT2D eigenvalue weighted by molar-refractivity contribution is 5.42. The molecule has 2 saturated carbocycles. The van der Waals surface area contributed by atoms with Gasteiger partial charge in [-0.15, -0.1) is 0 Å². The van der Waals surface area contributed by atoms with Gasteiger partial charge in [-0.05, 0) is 43.4 Å². The molecule has 1 heterocycles. The van der Waals surface area contributed by atoms with E-state index >= 15 is 0 Å². The Kier molecular flexibility index (Phi) is 4.58. The van der Waals surface area contributed by atoms with E-state index in [0.717, 1.165) is 49.1 Å². The highest BCUT2D eigenvalue weighted by atomic mass is 19.4. The van der Waals surface area contributed by atoms with Gasteiger partial charge in [-0.1, -0.05) is 12.1 Å². The molecule has 0 spiro atoms. The summed E-state index contributed by atoms with van der Waals surface area (Å²) in [7, 11) is 1.86. The van der Waals surface area contributed by atoms with Gasteiger partial charge in [0.05, 0.1) is 5.56 Å². The Balaban J connectivity index is 1.57. The molecule has 0 amide bonds. The van der Waals surface area contributed by atoms with E-state index < -0.39 is 11.7 Å². The molecule has 2 aliphatic carbocycles. The van der Waals surface area contributed by atoms with E-state index in [2.05, 4.69) is 4.98 Å². The number of benzene rings is 1. The van der Waals surface area contributed by atoms with Crippen molar-refractivity contribution in [3.05, 3.63) is 53.0 Å². The van der Waals surface area contributed by atoms with E-state index in [1.54, 1.807) is 6.07 Å². The Hall–Kier alpha value is -2.15. The lowest BCUT2D eigenvalue weighted by molar-refractivity contribution is -0.137. The van der Waals surface area contributed by atoms with Gasteiger partial charge in [0.1, 0.15) is 11.6 Å². The molecule has 2 aromatic rings. The van der Waals surface area contributed by atoms with Gasteiger partial charge in [0, 0.05) is 43.2 Å². The number of alkyl halides is 3. The Labute approximate surface area is 156 Å². The normalized spacial score (nSPS) is 22.4. The highest BCUT2D eigenvalue weighted by Gasteiger charge is 2.33. The molecule has 4 rings (SSSR count). The van der Waals surface area contributed by atoms with Gasteiger partial charge in [-0.2, -0.15) is 13.2 Å². The van der Waals surface area contributed by atoms with Crippen molar-refractivity contribution in [2.24, 2.45) is 5.73 Å². The number of hydrogen-bond acceptors (Lipinski definition) is 4. The fraction of sp³-hybridized carbons (Fsp3) is 0.500. The first-order valence-electron chi connectivity index (χ1n) is 9.31. The molecule has 144 valence electrons. The molecule has 1 aromatic heterocycles. The maximum Gasteiger partial charge on any atom is 0.416 e. The summed E-state index contributed by atoms with van der Waals surface area (Å²) in [5.41, 5.74) is 6.91. The first kappa shape index (κ1) is 18.2. The SMILES string of the molecule is CN(Cc1cccc(C(F)(F)F)c1)c1cc(C2CC(N)C2)nc(C2CC2)n1. The number of halogens is 3. The quantitative estimate of drug-likeness (QED) is 0.849. The molecule has 27 heavy (non-hydrogen) atoms. The predicted molar refractivity (Wildman–Crippen MR) is 97.5 cm³/mol. The zero-order valence-electron chi connectivity index (χ0n) is 15.2. The molecule has 2 N–H and O–H groups in total. The predicted octanol–water partition coefficient (Wildman–Crippen LogP) is 4.21. The van der Waals surface area contributed by atoms with Crippen LogP contribution in [0.4, 0.5) is 19.0 Å². The smallest absolute Gasteiger partial charge is 0.355 e. The van der Waals surface area contributed by atoms with Crippen LogP contribution in [0.5, 0.6) is 0 Å². The second-order valence-electron chi connectivity index (χ2n) is 7.77. The average molecular weight is 376 g/mol. The molecule has 0 unspecified atom stereocenters. The molecule has 0 atom stereocenters. The lowest BCUT2D eigenvalue weighted by atomic mass is 9.78. The largest absolute Gasteiger partial charge is 0.416 e. The zero-order chi connectivity index (χ0) is 19.2. The number of aromatic nitrogens is 2. The number of nitrogens with two attached hydrogens (primary N) is 1. The average Bonchev–Trinajstić information content (AvgIpc) is 3.43. The van der Waals surface area contributed by atoms with Crippen LogP contribution in [0.25, 0.3) is 0 Å². The molecular weight excluding hydrogens is 353 g/mol. The summed E-state index contributed by atoms with van der Waals surface area (Å²) >= 11 is 0. The summed E-state index contributed by atoms with van der Waals surface area (Å²) in [6.45, 7) is 0.356. The fourth-order valence-corrected chi connectivity index (χ4v) is 3.50. The van der Waals surface area contributed by atoms with Crippen LogP contribution in [0.2, 0.25) is 0 Å². The molecule has 4 nitrogen and oxygen atoms in total. The third-order valence-corrected chi connectivity index (χ3v) is 5.35. The topological polar surface area (TPSA) is 55.0 Å². The summed E-state index contributed by atoms with van der Waals surface area (Å²) in [6.07, 6.45) is -0.274. The van der Waals surface area contributed by atoms with Crippen LogP contribution in [0.3, 0.4) is 0 Å². The number of rotatable bonds is 5. The van der Waals surface area contributed by atoms with Crippen LogP contribution in [0.15, 0.2) is 30.3 Å². The maximum atomic E-state index is 13.0. The van der Waals surface area contributed by atoms with Crippen molar-refractivity contribution >= 4 is 5.82 Å². The minimum absolute atomic E-state index is 0.237.